The molecule has 0 saturated heterocycles. The zero-order chi connectivity index (χ0) is 32.4. The lowest BCUT2D eigenvalue weighted by molar-refractivity contribution is -0.143. The van der Waals surface area contributed by atoms with Crippen LogP contribution >= 0.6 is 0 Å². The summed E-state index contributed by atoms with van der Waals surface area (Å²) in [5.41, 5.74) is 8.16. The number of rotatable bonds is 10. The first kappa shape index (κ1) is 35.9. The number of hydrogen-bond acceptors (Lipinski definition) is 3. The average molecular weight is 583 g/mol. The highest BCUT2D eigenvalue weighted by Crippen LogP contribution is 2.44. The monoisotopic (exact) mass is 582 g/mol. The lowest BCUT2D eigenvalue weighted by Crippen LogP contribution is -2.38. The van der Waals surface area contributed by atoms with Crippen molar-refractivity contribution in [2.24, 2.45) is 10.8 Å². The van der Waals surface area contributed by atoms with Crippen molar-refractivity contribution in [1.82, 2.24) is 0 Å². The van der Waals surface area contributed by atoms with Gasteiger partial charge in [0.1, 0.15) is 0 Å². The Labute approximate surface area is 261 Å². The maximum Gasteiger partial charge on any atom is 0.185 e. The van der Waals surface area contributed by atoms with Gasteiger partial charge in [-0.25, -0.2) is 0 Å². The molecular formula is C40H54O3. The van der Waals surface area contributed by atoms with Crippen LogP contribution in [0.5, 0.6) is 0 Å². The molecule has 0 unspecified atom stereocenters. The average Bonchev–Trinajstić information content (AvgIpc) is 2.91. The van der Waals surface area contributed by atoms with Crippen LogP contribution in [0.2, 0.25) is 0 Å². The predicted octanol–water partition coefficient (Wildman–Crippen LogP) is 10.1. The fourth-order valence-electron chi connectivity index (χ4n) is 5.41. The number of carbonyl (C=O) groups is 1. The first-order valence-corrected chi connectivity index (χ1v) is 15.5. The molecule has 0 saturated carbocycles. The fourth-order valence-corrected chi connectivity index (χ4v) is 5.41. The smallest absolute Gasteiger partial charge is 0.185 e. The van der Waals surface area contributed by atoms with E-state index in [1.54, 1.807) is 0 Å². The molecule has 2 aliphatic rings. The molecule has 0 bridgehead atoms. The van der Waals surface area contributed by atoms with E-state index in [0.717, 1.165) is 51.9 Å². The second kappa shape index (κ2) is 15.5. The lowest BCUT2D eigenvalue weighted by Gasteiger charge is -2.39. The van der Waals surface area contributed by atoms with E-state index in [9.17, 15) is 15.0 Å². The SMILES string of the molecule is CC1=C(/C=C/C(C)=C/C=C/C(C)=C/C=C/C=C(C)/C=C/C=C(C)/C=C/C2=C(C)C(O)(O)CCC2(C)C)C(C)(C)CCC1=O. The van der Waals surface area contributed by atoms with Crippen molar-refractivity contribution in [2.75, 3.05) is 0 Å². The van der Waals surface area contributed by atoms with Gasteiger partial charge in [0.15, 0.2) is 11.6 Å². The van der Waals surface area contributed by atoms with E-state index in [1.807, 2.05) is 51.2 Å². The predicted molar refractivity (Wildman–Crippen MR) is 184 cm³/mol. The Bertz CT molecular complexity index is 1380. The molecular weight excluding hydrogens is 528 g/mol. The summed E-state index contributed by atoms with van der Waals surface area (Å²) in [5, 5.41) is 20.6. The first-order valence-electron chi connectivity index (χ1n) is 15.5. The highest BCUT2D eigenvalue weighted by molar-refractivity contribution is 5.97. The molecule has 43 heavy (non-hydrogen) atoms. The molecule has 3 nitrogen and oxygen atoms in total. The second-order valence-corrected chi connectivity index (χ2v) is 13.5. The van der Waals surface area contributed by atoms with E-state index in [1.165, 1.54) is 0 Å². The molecule has 0 heterocycles. The van der Waals surface area contributed by atoms with Crippen LogP contribution in [0.15, 0.2) is 130 Å². The lowest BCUT2D eigenvalue weighted by atomic mass is 9.70. The van der Waals surface area contributed by atoms with Crippen LogP contribution in [0.4, 0.5) is 0 Å². The topological polar surface area (TPSA) is 57.5 Å². The van der Waals surface area contributed by atoms with Gasteiger partial charge in [0.05, 0.1) is 0 Å². The summed E-state index contributed by atoms with van der Waals surface area (Å²) >= 11 is 0. The molecule has 0 fully saturated rings. The Balaban J connectivity index is 1.94. The summed E-state index contributed by atoms with van der Waals surface area (Å²) in [5.74, 6) is -1.45. The molecule has 0 amide bonds. The number of ketones is 1. The van der Waals surface area contributed by atoms with Crippen LogP contribution in [-0.4, -0.2) is 21.8 Å². The van der Waals surface area contributed by atoms with Crippen molar-refractivity contribution >= 4 is 5.78 Å². The van der Waals surface area contributed by atoms with Gasteiger partial charge in [0.2, 0.25) is 0 Å². The molecule has 0 aromatic heterocycles. The van der Waals surface area contributed by atoms with E-state index in [2.05, 4.69) is 103 Å². The number of allylic oxidation sites excluding steroid dienone is 21. The molecule has 2 N–H and O–H groups in total. The van der Waals surface area contributed by atoms with Gasteiger partial charge in [-0.1, -0.05) is 135 Å². The van der Waals surface area contributed by atoms with Crippen molar-refractivity contribution in [3.63, 3.8) is 0 Å². The summed E-state index contributed by atoms with van der Waals surface area (Å²) in [6, 6.07) is 0. The van der Waals surface area contributed by atoms with Gasteiger partial charge in [-0.15, -0.1) is 0 Å². The molecule has 3 heteroatoms. The van der Waals surface area contributed by atoms with Crippen LogP contribution in [-0.2, 0) is 4.79 Å². The van der Waals surface area contributed by atoms with Crippen molar-refractivity contribution in [2.45, 2.75) is 101 Å². The number of hydrogen-bond donors (Lipinski definition) is 2. The summed E-state index contributed by atoms with van der Waals surface area (Å²) < 4.78 is 0. The van der Waals surface area contributed by atoms with E-state index in [0.29, 0.717) is 18.4 Å². The van der Waals surface area contributed by atoms with Gasteiger partial charge < -0.3 is 10.2 Å². The second-order valence-electron chi connectivity index (χ2n) is 13.5. The van der Waals surface area contributed by atoms with Crippen molar-refractivity contribution < 1.29 is 15.0 Å². The van der Waals surface area contributed by atoms with Crippen LogP contribution in [0.1, 0.15) is 94.9 Å². The van der Waals surface area contributed by atoms with Crippen LogP contribution < -0.4 is 0 Å². The molecule has 0 aromatic carbocycles. The van der Waals surface area contributed by atoms with Gasteiger partial charge in [-0.3, -0.25) is 4.79 Å². The highest BCUT2D eigenvalue weighted by atomic mass is 16.5. The highest BCUT2D eigenvalue weighted by Gasteiger charge is 2.39. The number of carbonyl (C=O) groups excluding carboxylic acids is 1. The van der Waals surface area contributed by atoms with Crippen LogP contribution in [0, 0.1) is 10.8 Å². The quantitative estimate of drug-likeness (QED) is 0.199. The minimum atomic E-state index is -1.71. The van der Waals surface area contributed by atoms with E-state index in [-0.39, 0.29) is 16.6 Å². The molecule has 0 atom stereocenters. The molecule has 232 valence electrons. The molecule has 0 aromatic rings. The summed E-state index contributed by atoms with van der Waals surface area (Å²) in [6.07, 6.45) is 31.6. The van der Waals surface area contributed by atoms with E-state index >= 15 is 0 Å². The maximum atomic E-state index is 12.2. The fraction of sp³-hybridized carbons (Fsp3) is 0.425. The van der Waals surface area contributed by atoms with Crippen LogP contribution in [0.3, 0.4) is 0 Å². The van der Waals surface area contributed by atoms with E-state index < -0.39 is 5.79 Å². The molecule has 0 radical (unpaired) electrons. The molecule has 2 rings (SSSR count). The molecule has 2 aliphatic carbocycles. The van der Waals surface area contributed by atoms with E-state index in [4.69, 9.17) is 0 Å². The summed E-state index contributed by atoms with van der Waals surface area (Å²) in [6.45, 7) is 20.8. The summed E-state index contributed by atoms with van der Waals surface area (Å²) in [4.78, 5) is 12.2. The largest absolute Gasteiger partial charge is 0.362 e. The number of aliphatic hydroxyl groups is 2. The third-order valence-electron chi connectivity index (χ3n) is 8.65. The zero-order valence-corrected chi connectivity index (χ0v) is 28.2. The van der Waals surface area contributed by atoms with Gasteiger partial charge in [0, 0.05) is 12.8 Å². The third-order valence-corrected chi connectivity index (χ3v) is 8.65. The minimum Gasteiger partial charge on any atom is -0.362 e. The Morgan fingerprint density at radius 2 is 1.02 bits per heavy atom. The summed E-state index contributed by atoms with van der Waals surface area (Å²) in [7, 11) is 0. The normalized spacial score (nSPS) is 22.6. The Morgan fingerprint density at radius 3 is 1.53 bits per heavy atom. The van der Waals surface area contributed by atoms with Crippen molar-refractivity contribution in [3.8, 4) is 0 Å². The Morgan fingerprint density at radius 1 is 0.605 bits per heavy atom. The number of Topliss-reactive ketones (excluding diaryl/α,β-unsaturated/α-hetero) is 1. The van der Waals surface area contributed by atoms with Gasteiger partial charge in [-0.2, -0.15) is 0 Å². The first-order chi connectivity index (χ1) is 20.0. The minimum absolute atomic E-state index is 0.0347. The maximum absolute atomic E-state index is 12.2. The van der Waals surface area contributed by atoms with Crippen molar-refractivity contribution in [3.05, 3.63) is 130 Å². The van der Waals surface area contributed by atoms with Gasteiger partial charge in [-0.05, 0) is 87.5 Å². The molecule has 0 spiro atoms. The van der Waals surface area contributed by atoms with Crippen molar-refractivity contribution in [1.29, 1.82) is 0 Å². The Kier molecular flexibility index (Phi) is 12.9. The molecule has 0 aliphatic heterocycles. The standard InChI is InChI=1S/C40H54O3/c1-29(17-13-19-31(3)21-23-35-33(5)37(41)25-26-38(35,7)8)15-11-12-16-30(2)18-14-20-32(4)22-24-36-34(6)40(42,43)28-27-39(36,9)10/h11-24,42-43H,25-28H2,1-10H3/b12-11+,17-13+,18-14+,23-21+,24-22+,29-15+,30-16+,31-19+,32-20+. The van der Waals surface area contributed by atoms with Gasteiger partial charge in [0.25, 0.3) is 0 Å². The van der Waals surface area contributed by atoms with Crippen LogP contribution in [0.25, 0.3) is 0 Å². The Hall–Kier alpha value is -3.27. The zero-order valence-electron chi connectivity index (χ0n) is 28.2. The van der Waals surface area contributed by atoms with Gasteiger partial charge >= 0.3 is 0 Å². The third kappa shape index (κ3) is 11.1.